The molecule has 0 fully saturated rings. The molecule has 0 saturated heterocycles. The lowest BCUT2D eigenvalue weighted by molar-refractivity contribution is 0.187. The average Bonchev–Trinajstić information content (AvgIpc) is 2.77. The highest BCUT2D eigenvalue weighted by Crippen LogP contribution is 2.17. The number of benzene rings is 1. The maximum absolute atomic E-state index is 11.1. The zero-order valence-corrected chi connectivity index (χ0v) is 11.7. The number of amides is 1. The Balaban J connectivity index is 1.96. The highest BCUT2D eigenvalue weighted by molar-refractivity contribution is 5.84. The molecule has 2 rings (SSSR count). The molecule has 0 aliphatic carbocycles. The molecule has 1 amide bonds. The quantitative estimate of drug-likeness (QED) is 0.896. The number of aryl methyl sites for hydroxylation is 2. The second-order valence-corrected chi connectivity index (χ2v) is 4.35. The third-order valence-corrected chi connectivity index (χ3v) is 2.97. The van der Waals surface area contributed by atoms with E-state index in [4.69, 9.17) is 4.52 Å². The van der Waals surface area contributed by atoms with E-state index in [9.17, 15) is 4.79 Å². The number of carbonyl (C=O) groups excluding carboxylic acids is 1. The molecule has 1 heterocycles. The van der Waals surface area contributed by atoms with E-state index in [1.165, 1.54) is 7.11 Å². The van der Waals surface area contributed by atoms with Crippen LogP contribution in [-0.4, -0.2) is 18.4 Å². The van der Waals surface area contributed by atoms with Crippen LogP contribution in [0.15, 0.2) is 28.8 Å². The second kappa shape index (κ2) is 6.10. The minimum absolute atomic E-state index is 0.485. The lowest BCUT2D eigenvalue weighted by atomic mass is 10.2. The van der Waals surface area contributed by atoms with E-state index in [2.05, 4.69) is 20.5 Å². The van der Waals surface area contributed by atoms with Crippen LogP contribution in [0.2, 0.25) is 0 Å². The molecule has 1 aromatic heterocycles. The summed E-state index contributed by atoms with van der Waals surface area (Å²) in [6.45, 7) is 4.45. The van der Waals surface area contributed by atoms with Crippen molar-refractivity contribution in [1.29, 1.82) is 0 Å². The average molecular weight is 275 g/mol. The molecule has 106 valence electrons. The topological polar surface area (TPSA) is 76.4 Å². The van der Waals surface area contributed by atoms with Gasteiger partial charge >= 0.3 is 6.09 Å². The summed E-state index contributed by atoms with van der Waals surface area (Å²) in [5, 5.41) is 9.78. The Labute approximate surface area is 117 Å². The molecular weight excluding hydrogens is 258 g/mol. The van der Waals surface area contributed by atoms with Crippen LogP contribution in [0.25, 0.3) is 0 Å². The molecule has 6 nitrogen and oxygen atoms in total. The van der Waals surface area contributed by atoms with Crippen molar-refractivity contribution in [2.24, 2.45) is 0 Å². The Kier molecular flexibility index (Phi) is 4.24. The number of rotatable bonds is 4. The van der Waals surface area contributed by atoms with Gasteiger partial charge in [-0.25, -0.2) is 4.79 Å². The van der Waals surface area contributed by atoms with Crippen LogP contribution < -0.4 is 10.6 Å². The number of methoxy groups -OCH3 is 1. The Hall–Kier alpha value is -2.50. The Morgan fingerprint density at radius 2 is 1.90 bits per heavy atom. The molecule has 20 heavy (non-hydrogen) atoms. The van der Waals surface area contributed by atoms with Crippen molar-refractivity contribution in [2.75, 3.05) is 17.7 Å². The fourth-order valence-electron chi connectivity index (χ4n) is 1.79. The van der Waals surface area contributed by atoms with Crippen molar-refractivity contribution >= 4 is 17.5 Å². The van der Waals surface area contributed by atoms with Crippen LogP contribution >= 0.6 is 0 Å². The first kappa shape index (κ1) is 13.9. The predicted octanol–water partition coefficient (Wildman–Crippen LogP) is 3.08. The lowest BCUT2D eigenvalue weighted by Crippen LogP contribution is -2.10. The van der Waals surface area contributed by atoms with Gasteiger partial charge in [-0.05, 0) is 38.1 Å². The largest absolute Gasteiger partial charge is 0.453 e. The van der Waals surface area contributed by atoms with Crippen molar-refractivity contribution in [1.82, 2.24) is 5.16 Å². The smallest absolute Gasteiger partial charge is 0.411 e. The second-order valence-electron chi connectivity index (χ2n) is 4.35. The van der Waals surface area contributed by atoms with Gasteiger partial charge in [0, 0.05) is 23.5 Å². The summed E-state index contributed by atoms with van der Waals surface area (Å²) >= 11 is 0. The van der Waals surface area contributed by atoms with Gasteiger partial charge in [-0.3, -0.25) is 5.32 Å². The van der Waals surface area contributed by atoms with Gasteiger partial charge in [-0.15, -0.1) is 0 Å². The van der Waals surface area contributed by atoms with E-state index in [0.29, 0.717) is 12.2 Å². The number of hydrogen-bond donors (Lipinski definition) is 2. The summed E-state index contributed by atoms with van der Waals surface area (Å²) < 4.78 is 9.63. The highest BCUT2D eigenvalue weighted by atomic mass is 16.5. The van der Waals surface area contributed by atoms with Crippen LogP contribution in [-0.2, 0) is 11.3 Å². The monoisotopic (exact) mass is 275 g/mol. The van der Waals surface area contributed by atoms with E-state index < -0.39 is 6.09 Å². The molecule has 0 spiro atoms. The molecule has 0 bridgehead atoms. The first-order valence-corrected chi connectivity index (χ1v) is 6.21. The summed E-state index contributed by atoms with van der Waals surface area (Å²) in [5.41, 5.74) is 3.57. The van der Waals surface area contributed by atoms with Crippen molar-refractivity contribution in [3.8, 4) is 0 Å². The van der Waals surface area contributed by atoms with Gasteiger partial charge in [-0.1, -0.05) is 5.16 Å². The number of nitrogens with zero attached hydrogens (tertiary/aromatic N) is 1. The predicted molar refractivity (Wildman–Crippen MR) is 75.8 cm³/mol. The number of hydrogen-bond acceptors (Lipinski definition) is 5. The van der Waals surface area contributed by atoms with Gasteiger partial charge in [0.1, 0.15) is 5.76 Å². The third-order valence-electron chi connectivity index (χ3n) is 2.97. The zero-order valence-electron chi connectivity index (χ0n) is 11.7. The van der Waals surface area contributed by atoms with Crippen molar-refractivity contribution in [3.05, 3.63) is 41.3 Å². The number of ether oxygens (including phenoxy) is 1. The first-order valence-electron chi connectivity index (χ1n) is 6.21. The number of nitrogens with one attached hydrogen (secondary N) is 2. The van der Waals surface area contributed by atoms with Crippen LogP contribution in [0.3, 0.4) is 0 Å². The SMILES string of the molecule is COC(=O)Nc1ccc(NCc2c(C)noc2C)cc1. The zero-order chi connectivity index (χ0) is 14.5. The van der Waals surface area contributed by atoms with Crippen molar-refractivity contribution in [2.45, 2.75) is 20.4 Å². The highest BCUT2D eigenvalue weighted by Gasteiger charge is 2.08. The van der Waals surface area contributed by atoms with E-state index in [0.717, 1.165) is 22.7 Å². The summed E-state index contributed by atoms with van der Waals surface area (Å²) in [6.07, 6.45) is -0.485. The molecule has 0 aliphatic heterocycles. The fraction of sp³-hybridized carbons (Fsp3) is 0.286. The van der Waals surface area contributed by atoms with Crippen LogP contribution in [0.5, 0.6) is 0 Å². The minimum Gasteiger partial charge on any atom is -0.453 e. The Morgan fingerprint density at radius 1 is 1.25 bits per heavy atom. The molecule has 0 saturated carbocycles. The van der Waals surface area contributed by atoms with Crippen molar-refractivity contribution in [3.63, 3.8) is 0 Å². The maximum Gasteiger partial charge on any atom is 0.411 e. The van der Waals surface area contributed by atoms with E-state index in [-0.39, 0.29) is 0 Å². The van der Waals surface area contributed by atoms with Gasteiger partial charge in [0.2, 0.25) is 0 Å². The maximum atomic E-state index is 11.1. The number of carbonyl (C=O) groups is 1. The molecular formula is C14H17N3O3. The minimum atomic E-state index is -0.485. The number of aromatic nitrogens is 1. The van der Waals surface area contributed by atoms with Gasteiger partial charge in [-0.2, -0.15) is 0 Å². The lowest BCUT2D eigenvalue weighted by Gasteiger charge is -2.08. The molecule has 1 aromatic carbocycles. The summed E-state index contributed by atoms with van der Waals surface area (Å²) in [7, 11) is 1.33. The summed E-state index contributed by atoms with van der Waals surface area (Å²) in [4.78, 5) is 11.1. The van der Waals surface area contributed by atoms with Gasteiger partial charge < -0.3 is 14.6 Å². The van der Waals surface area contributed by atoms with Crippen molar-refractivity contribution < 1.29 is 14.1 Å². The molecule has 0 unspecified atom stereocenters. The Morgan fingerprint density at radius 3 is 2.45 bits per heavy atom. The molecule has 0 atom stereocenters. The summed E-state index contributed by atoms with van der Waals surface area (Å²) in [6, 6.07) is 7.35. The Bertz CT molecular complexity index is 571. The van der Waals surface area contributed by atoms with Gasteiger partial charge in [0.25, 0.3) is 0 Å². The molecule has 2 aromatic rings. The van der Waals surface area contributed by atoms with Crippen LogP contribution in [0, 0.1) is 13.8 Å². The normalized spacial score (nSPS) is 10.2. The van der Waals surface area contributed by atoms with E-state index >= 15 is 0 Å². The van der Waals surface area contributed by atoms with Crippen LogP contribution in [0.4, 0.5) is 16.2 Å². The van der Waals surface area contributed by atoms with E-state index in [1.54, 1.807) is 12.1 Å². The first-order chi connectivity index (χ1) is 9.60. The van der Waals surface area contributed by atoms with Gasteiger partial charge in [0.15, 0.2) is 0 Å². The van der Waals surface area contributed by atoms with E-state index in [1.807, 2.05) is 26.0 Å². The molecule has 2 N–H and O–H groups in total. The standard InChI is InChI=1S/C14H17N3O3/c1-9-13(10(2)20-17-9)8-15-11-4-6-12(7-5-11)16-14(18)19-3/h4-7,15H,8H2,1-3H3,(H,16,18). The molecule has 6 heteroatoms. The van der Waals surface area contributed by atoms with Gasteiger partial charge in [0.05, 0.1) is 12.8 Å². The van der Waals surface area contributed by atoms with Crippen LogP contribution in [0.1, 0.15) is 17.0 Å². The third kappa shape index (κ3) is 3.28. The fourth-order valence-corrected chi connectivity index (χ4v) is 1.79. The number of anilines is 2. The molecule has 0 radical (unpaired) electrons. The summed E-state index contributed by atoms with van der Waals surface area (Å²) in [5.74, 6) is 0.818. The molecule has 0 aliphatic rings.